The second-order valence-corrected chi connectivity index (χ2v) is 5.21. The minimum absolute atomic E-state index is 0.206. The van der Waals surface area contributed by atoms with Crippen LogP contribution >= 0.6 is 0 Å². The highest BCUT2D eigenvalue weighted by Gasteiger charge is 2.15. The minimum atomic E-state index is -0.564. The Morgan fingerprint density at radius 2 is 2.11 bits per heavy atom. The molecule has 19 heavy (non-hydrogen) atoms. The molecule has 4 nitrogen and oxygen atoms in total. The fraction of sp³-hybridized carbons (Fsp3) is 0.571. The fourth-order valence-corrected chi connectivity index (χ4v) is 1.43. The Hall–Kier alpha value is -1.65. The molecule has 0 spiro atoms. The van der Waals surface area contributed by atoms with Crippen LogP contribution in [-0.2, 0) is 9.53 Å². The van der Waals surface area contributed by atoms with Gasteiger partial charge in [0.25, 0.3) is 0 Å². The Kier molecular flexibility index (Phi) is 5.73. The molecule has 0 aliphatic carbocycles. The highest BCUT2D eigenvalue weighted by atomic mass is 19.1. The van der Waals surface area contributed by atoms with E-state index in [4.69, 9.17) is 9.47 Å². The normalized spacial score (nSPS) is 11.2. The number of ether oxygens (including phenoxy) is 2. The van der Waals surface area contributed by atoms with Gasteiger partial charge in [-0.2, -0.15) is 4.39 Å². The summed E-state index contributed by atoms with van der Waals surface area (Å²) < 4.78 is 23.3. The maximum atomic E-state index is 12.8. The summed E-state index contributed by atoms with van der Waals surface area (Å²) in [6.45, 7) is 5.95. The highest BCUT2D eigenvalue weighted by molar-refractivity contribution is 5.69. The molecule has 0 radical (unpaired) electrons. The van der Waals surface area contributed by atoms with E-state index in [0.717, 1.165) is 0 Å². The molecule has 106 valence electrons. The van der Waals surface area contributed by atoms with Gasteiger partial charge < -0.3 is 9.47 Å². The van der Waals surface area contributed by atoms with Crippen molar-refractivity contribution < 1.29 is 18.7 Å². The van der Waals surface area contributed by atoms with Gasteiger partial charge in [-0.15, -0.1) is 0 Å². The predicted molar refractivity (Wildman–Crippen MR) is 69.4 cm³/mol. The smallest absolute Gasteiger partial charge is 0.306 e. The van der Waals surface area contributed by atoms with Crippen molar-refractivity contribution in [3.05, 3.63) is 24.3 Å². The molecule has 5 heteroatoms. The Bertz CT molecular complexity index is 415. The molecule has 0 amide bonds. The van der Waals surface area contributed by atoms with Crippen LogP contribution in [0.3, 0.4) is 0 Å². The fourth-order valence-electron chi connectivity index (χ4n) is 1.43. The predicted octanol–water partition coefficient (Wildman–Crippen LogP) is 3.11. The molecule has 0 atom stereocenters. The zero-order valence-electron chi connectivity index (χ0n) is 11.6. The Balaban J connectivity index is 2.13. The summed E-state index contributed by atoms with van der Waals surface area (Å²) in [5.74, 6) is -0.321. The maximum Gasteiger partial charge on any atom is 0.306 e. The average molecular weight is 269 g/mol. The van der Waals surface area contributed by atoms with Gasteiger partial charge in [0.15, 0.2) is 0 Å². The molecule has 0 aliphatic heterocycles. The van der Waals surface area contributed by atoms with Crippen molar-refractivity contribution in [2.75, 3.05) is 6.61 Å². The lowest BCUT2D eigenvalue weighted by Gasteiger charge is -2.19. The van der Waals surface area contributed by atoms with Crippen LogP contribution < -0.4 is 4.74 Å². The number of pyridine rings is 1. The molecule has 0 aliphatic rings. The molecule has 0 N–H and O–H groups in total. The maximum absolute atomic E-state index is 12.8. The lowest BCUT2D eigenvalue weighted by Crippen LogP contribution is -2.23. The molecule has 0 aromatic carbocycles. The van der Waals surface area contributed by atoms with Crippen molar-refractivity contribution in [1.82, 2.24) is 4.98 Å². The lowest BCUT2D eigenvalue weighted by molar-refractivity contribution is -0.154. The van der Waals surface area contributed by atoms with E-state index < -0.39 is 11.5 Å². The molecule has 0 unspecified atom stereocenters. The molecule has 1 rings (SSSR count). The number of aromatic nitrogens is 1. The van der Waals surface area contributed by atoms with E-state index in [0.29, 0.717) is 31.6 Å². The first-order valence-electron chi connectivity index (χ1n) is 6.33. The van der Waals surface area contributed by atoms with Gasteiger partial charge >= 0.3 is 5.97 Å². The Morgan fingerprint density at radius 1 is 1.37 bits per heavy atom. The third kappa shape index (κ3) is 7.39. The van der Waals surface area contributed by atoms with Crippen molar-refractivity contribution in [3.8, 4) is 5.75 Å². The summed E-state index contributed by atoms with van der Waals surface area (Å²) in [5, 5.41) is 0. The van der Waals surface area contributed by atoms with Gasteiger partial charge in [-0.25, -0.2) is 4.98 Å². The summed E-state index contributed by atoms with van der Waals surface area (Å²) >= 11 is 0. The zero-order chi connectivity index (χ0) is 14.3. The Morgan fingerprint density at radius 3 is 2.74 bits per heavy atom. The molecule has 1 aromatic rings. The molecular formula is C14H20FNO3. The van der Waals surface area contributed by atoms with Crippen LogP contribution in [0.2, 0.25) is 0 Å². The van der Waals surface area contributed by atoms with E-state index in [9.17, 15) is 9.18 Å². The number of hydrogen-bond acceptors (Lipinski definition) is 4. The zero-order valence-corrected chi connectivity index (χ0v) is 11.6. The largest absolute Gasteiger partial charge is 0.493 e. The van der Waals surface area contributed by atoms with Crippen LogP contribution in [0.1, 0.15) is 40.0 Å². The van der Waals surface area contributed by atoms with E-state index in [1.807, 2.05) is 20.8 Å². The van der Waals surface area contributed by atoms with Gasteiger partial charge in [0.1, 0.15) is 11.4 Å². The second-order valence-electron chi connectivity index (χ2n) is 5.21. The lowest BCUT2D eigenvalue weighted by atomic mass is 10.2. The number of carbonyl (C=O) groups is 1. The van der Waals surface area contributed by atoms with Crippen molar-refractivity contribution in [1.29, 1.82) is 0 Å². The molecule has 0 saturated carbocycles. The number of nitrogens with zero attached hydrogens (tertiary/aromatic N) is 1. The van der Waals surface area contributed by atoms with Gasteiger partial charge in [0.05, 0.1) is 6.61 Å². The highest BCUT2D eigenvalue weighted by Crippen LogP contribution is 2.12. The first-order chi connectivity index (χ1) is 8.87. The third-order valence-electron chi connectivity index (χ3n) is 2.16. The van der Waals surface area contributed by atoms with E-state index >= 15 is 0 Å². The summed E-state index contributed by atoms with van der Waals surface area (Å²) in [7, 11) is 0. The molecule has 0 fully saturated rings. The molecule has 1 aromatic heterocycles. The average Bonchev–Trinajstić information content (AvgIpc) is 2.26. The summed E-state index contributed by atoms with van der Waals surface area (Å²) in [6.07, 6.45) is 3.11. The SMILES string of the molecule is CC(C)(C)OC(=O)CCCCOc1ccnc(F)c1. The van der Waals surface area contributed by atoms with E-state index in [2.05, 4.69) is 4.98 Å². The number of carbonyl (C=O) groups excluding carboxylic acids is 1. The minimum Gasteiger partial charge on any atom is -0.493 e. The first-order valence-corrected chi connectivity index (χ1v) is 6.33. The first kappa shape index (κ1) is 15.4. The van der Waals surface area contributed by atoms with Gasteiger partial charge in [-0.3, -0.25) is 4.79 Å². The van der Waals surface area contributed by atoms with Crippen LogP contribution in [-0.4, -0.2) is 23.2 Å². The van der Waals surface area contributed by atoms with Crippen molar-refractivity contribution in [3.63, 3.8) is 0 Å². The van der Waals surface area contributed by atoms with Crippen LogP contribution in [0.4, 0.5) is 4.39 Å². The van der Waals surface area contributed by atoms with Crippen molar-refractivity contribution in [2.45, 2.75) is 45.6 Å². The van der Waals surface area contributed by atoms with Crippen LogP contribution in [0, 0.1) is 5.95 Å². The third-order valence-corrected chi connectivity index (χ3v) is 2.16. The second kappa shape index (κ2) is 7.07. The standard InChI is InChI=1S/C14H20FNO3/c1-14(2,3)19-13(17)6-4-5-9-18-11-7-8-16-12(15)10-11/h7-8,10H,4-6,9H2,1-3H3. The van der Waals surface area contributed by atoms with Gasteiger partial charge in [0, 0.05) is 18.7 Å². The van der Waals surface area contributed by atoms with Gasteiger partial charge in [-0.1, -0.05) is 0 Å². The summed E-state index contributed by atoms with van der Waals surface area (Å²) in [6, 6.07) is 2.82. The van der Waals surface area contributed by atoms with Crippen LogP contribution in [0.5, 0.6) is 5.75 Å². The Labute approximate surface area is 112 Å². The van der Waals surface area contributed by atoms with E-state index in [1.54, 1.807) is 6.07 Å². The number of esters is 1. The summed E-state index contributed by atoms with van der Waals surface area (Å²) in [4.78, 5) is 14.8. The van der Waals surface area contributed by atoms with Crippen molar-refractivity contribution >= 4 is 5.97 Å². The van der Waals surface area contributed by atoms with Crippen LogP contribution in [0.25, 0.3) is 0 Å². The van der Waals surface area contributed by atoms with Crippen LogP contribution in [0.15, 0.2) is 18.3 Å². The van der Waals surface area contributed by atoms with Gasteiger partial charge in [-0.05, 0) is 39.7 Å². The molecule has 0 saturated heterocycles. The van der Waals surface area contributed by atoms with Crippen molar-refractivity contribution in [2.24, 2.45) is 0 Å². The summed E-state index contributed by atoms with van der Waals surface area (Å²) in [5.41, 5.74) is -0.442. The van der Waals surface area contributed by atoms with E-state index in [-0.39, 0.29) is 5.97 Å². The molecule has 0 bridgehead atoms. The number of rotatable bonds is 6. The number of hydrogen-bond donors (Lipinski definition) is 0. The molecule has 1 heterocycles. The topological polar surface area (TPSA) is 48.4 Å². The number of unbranched alkanes of at least 4 members (excludes halogenated alkanes) is 1. The molecular weight excluding hydrogens is 249 g/mol. The number of halogens is 1. The quantitative estimate of drug-likeness (QED) is 0.452. The monoisotopic (exact) mass is 269 g/mol. The van der Waals surface area contributed by atoms with E-state index in [1.165, 1.54) is 12.3 Å². The van der Waals surface area contributed by atoms with Gasteiger partial charge in [0.2, 0.25) is 5.95 Å².